The second-order valence-electron chi connectivity index (χ2n) is 15.9. The molecule has 1 aromatic rings. The smallest absolute Gasteiger partial charge is 0.335 e. The maximum absolute atomic E-state index is 13.8. The highest BCUT2D eigenvalue weighted by Gasteiger charge is 3.04. The number of esters is 5. The molecule has 8 rings (SSSR count). The van der Waals surface area contributed by atoms with Gasteiger partial charge in [-0.1, -0.05) is 20.8 Å². The zero-order valence-electron chi connectivity index (χ0n) is 30.0. The first-order chi connectivity index (χ1) is 24.2. The van der Waals surface area contributed by atoms with E-state index in [9.17, 15) is 34.2 Å². The first-order valence-electron chi connectivity index (χ1n) is 17.3. The van der Waals surface area contributed by atoms with E-state index in [-0.39, 0.29) is 24.8 Å². The van der Waals surface area contributed by atoms with Gasteiger partial charge in [0.2, 0.25) is 0 Å². The highest BCUT2D eigenvalue weighted by Crippen LogP contribution is 2.89. The number of methoxy groups -OCH3 is 1. The molecule has 1 unspecified atom stereocenters. The fraction of sp³-hybridized carbons (Fsp3) is 0.694. The summed E-state index contributed by atoms with van der Waals surface area (Å²) in [5.41, 5.74) is -12.9. The molecule has 282 valence electrons. The van der Waals surface area contributed by atoms with Gasteiger partial charge in [0.05, 0.1) is 25.1 Å². The zero-order valence-corrected chi connectivity index (χ0v) is 30.0. The van der Waals surface area contributed by atoms with E-state index in [4.69, 9.17) is 42.3 Å². The van der Waals surface area contributed by atoms with Crippen LogP contribution in [-0.4, -0.2) is 100.0 Å². The van der Waals surface area contributed by atoms with E-state index in [0.717, 1.165) is 20.1 Å². The van der Waals surface area contributed by atoms with Crippen molar-refractivity contribution in [2.75, 3.05) is 7.11 Å². The van der Waals surface area contributed by atoms with Gasteiger partial charge < -0.3 is 52.5 Å². The van der Waals surface area contributed by atoms with Crippen LogP contribution in [0.3, 0.4) is 0 Å². The molecule has 16 heteroatoms. The normalized spacial score (nSPS) is 49.2. The largest absolute Gasteiger partial charge is 0.472 e. The molecule has 0 aromatic carbocycles. The standard InChI is InChI=1S/C36H42O16/c1-9-21(39)49-28-35(43)27(47-17(3)38)29(4)15-34(35)31(6,24(29)23(41)26(42)44-8)33-13-20(46-16(2)37)30(5)19(36(28,33)52-32(7,50-33)51-34)12-22(40)48-25(30)18-10-11-45-14-18/h10-12,14,20,23-25,27-28,41,43H,9,13,15H2,1-8H3/t20-,23+,24-,25-,27-,28+,29+,30-,31-,32?,33-,34+,35-,36+/m0/s1. The Hall–Kier alpha value is -3.83. The van der Waals surface area contributed by atoms with E-state index in [1.165, 1.54) is 26.4 Å². The minimum Gasteiger partial charge on any atom is -0.472 e. The summed E-state index contributed by atoms with van der Waals surface area (Å²) in [6.07, 6.45) is -4.41. The van der Waals surface area contributed by atoms with Crippen molar-refractivity contribution in [3.05, 3.63) is 35.8 Å². The quantitative estimate of drug-likeness (QED) is 0.302. The molecular formula is C36H42O16. The lowest BCUT2D eigenvalue weighted by molar-refractivity contribution is -0.478. The van der Waals surface area contributed by atoms with Crippen LogP contribution in [0.1, 0.15) is 79.4 Å². The number of ether oxygens (including phenoxy) is 8. The summed E-state index contributed by atoms with van der Waals surface area (Å²) in [5, 5.41) is 25.8. The Balaban J connectivity index is 1.53. The summed E-state index contributed by atoms with van der Waals surface area (Å²) in [7, 11) is 1.11. The molecule has 52 heavy (non-hydrogen) atoms. The van der Waals surface area contributed by atoms with Gasteiger partial charge in [-0.2, -0.15) is 0 Å². The molecule has 2 spiro atoms. The van der Waals surface area contributed by atoms with Crippen LogP contribution in [0, 0.1) is 22.2 Å². The van der Waals surface area contributed by atoms with Gasteiger partial charge in [0.1, 0.15) is 29.5 Å². The number of carbonyl (C=O) groups is 5. The van der Waals surface area contributed by atoms with Crippen molar-refractivity contribution in [2.24, 2.45) is 22.2 Å². The van der Waals surface area contributed by atoms with Gasteiger partial charge in [0, 0.05) is 62.0 Å². The highest BCUT2D eigenvalue weighted by atomic mass is 16.9. The Labute approximate surface area is 297 Å². The molecule has 4 aliphatic carbocycles. The molecule has 0 radical (unpaired) electrons. The second-order valence-corrected chi connectivity index (χ2v) is 15.9. The maximum atomic E-state index is 13.8. The van der Waals surface area contributed by atoms with Gasteiger partial charge >= 0.3 is 29.8 Å². The van der Waals surface area contributed by atoms with E-state index in [1.54, 1.807) is 33.8 Å². The van der Waals surface area contributed by atoms with Crippen LogP contribution in [-0.2, 0) is 61.9 Å². The van der Waals surface area contributed by atoms with E-state index < -0.39 is 111 Å². The molecule has 14 atom stereocenters. The molecule has 4 heterocycles. The number of hydrogen-bond donors (Lipinski definition) is 2. The van der Waals surface area contributed by atoms with E-state index in [1.807, 2.05) is 0 Å². The number of fused-ring (bicyclic) bond motifs is 3. The monoisotopic (exact) mass is 730 g/mol. The van der Waals surface area contributed by atoms with Gasteiger partial charge in [0.15, 0.2) is 23.4 Å². The summed E-state index contributed by atoms with van der Waals surface area (Å²) < 4.78 is 55.7. The third-order valence-electron chi connectivity index (χ3n) is 13.6. The predicted octanol–water partition coefficient (Wildman–Crippen LogP) is 1.69. The van der Waals surface area contributed by atoms with E-state index in [0.29, 0.717) is 5.56 Å². The summed E-state index contributed by atoms with van der Waals surface area (Å²) in [6, 6.07) is 1.58. The van der Waals surface area contributed by atoms with Crippen molar-refractivity contribution in [3.8, 4) is 0 Å². The summed E-state index contributed by atoms with van der Waals surface area (Å²) in [5.74, 6) is -7.51. The van der Waals surface area contributed by atoms with Crippen LogP contribution in [0.5, 0.6) is 0 Å². The minimum absolute atomic E-state index is 0.0553. The van der Waals surface area contributed by atoms with Crippen molar-refractivity contribution in [1.29, 1.82) is 0 Å². The molecule has 4 bridgehead atoms. The topological polar surface area (TPSA) is 213 Å². The minimum atomic E-state index is -2.48. The Bertz CT molecular complexity index is 1840. The molecular weight excluding hydrogens is 688 g/mol. The highest BCUT2D eigenvalue weighted by molar-refractivity contribution is 5.86. The Kier molecular flexibility index (Phi) is 6.92. The SMILES string of the molecule is CCC(=O)O[C@@H]1[C@@]2(O)[C@@H](OC(C)=O)[C@]3(C)C[C@]24OC2(C)O[C@@]5(C[C@H](OC(C)=O)[C@]6(C)C(=CC(=O)O[C@H]6c6ccoc6)[C@@]15O2)[C@]4(C)[C@H]3[C@@H](O)C(=O)OC. The third kappa shape index (κ3) is 3.50. The number of rotatable bonds is 7. The van der Waals surface area contributed by atoms with Crippen LogP contribution < -0.4 is 0 Å². The molecule has 7 aliphatic rings. The van der Waals surface area contributed by atoms with Crippen LogP contribution in [0.2, 0.25) is 0 Å². The Morgan fingerprint density at radius 1 is 0.981 bits per heavy atom. The summed E-state index contributed by atoms with van der Waals surface area (Å²) in [6.45, 7) is 10.4. The predicted molar refractivity (Wildman–Crippen MR) is 167 cm³/mol. The first kappa shape index (κ1) is 35.2. The molecule has 2 saturated heterocycles. The van der Waals surface area contributed by atoms with Gasteiger partial charge in [-0.05, 0) is 25.0 Å². The fourth-order valence-electron chi connectivity index (χ4n) is 12.4. The molecule has 1 aromatic heterocycles. The molecule has 6 fully saturated rings. The van der Waals surface area contributed by atoms with Crippen molar-refractivity contribution in [2.45, 2.75) is 127 Å². The summed E-state index contributed by atoms with van der Waals surface area (Å²) in [4.78, 5) is 66.9. The van der Waals surface area contributed by atoms with Gasteiger partial charge in [0.25, 0.3) is 5.97 Å². The lowest BCUT2D eigenvalue weighted by atomic mass is 9.34. The number of aliphatic hydroxyl groups is 2. The third-order valence-corrected chi connectivity index (χ3v) is 13.6. The number of hydrogen-bond acceptors (Lipinski definition) is 16. The van der Waals surface area contributed by atoms with Crippen molar-refractivity contribution < 1.29 is 76.5 Å². The van der Waals surface area contributed by atoms with Crippen LogP contribution >= 0.6 is 0 Å². The first-order valence-corrected chi connectivity index (χ1v) is 17.3. The van der Waals surface area contributed by atoms with Crippen molar-refractivity contribution in [3.63, 3.8) is 0 Å². The maximum Gasteiger partial charge on any atom is 0.335 e. The average Bonchev–Trinajstić information content (AvgIpc) is 3.76. The van der Waals surface area contributed by atoms with Gasteiger partial charge in [-0.15, -0.1) is 0 Å². The molecule has 2 N–H and O–H groups in total. The number of cyclic esters (lactones) is 1. The molecule has 0 amide bonds. The van der Waals surface area contributed by atoms with Crippen molar-refractivity contribution in [1.82, 2.24) is 0 Å². The Morgan fingerprint density at radius 3 is 2.25 bits per heavy atom. The summed E-state index contributed by atoms with van der Waals surface area (Å²) >= 11 is 0. The van der Waals surface area contributed by atoms with Gasteiger partial charge in [-0.25, -0.2) is 9.59 Å². The van der Waals surface area contributed by atoms with E-state index in [2.05, 4.69) is 0 Å². The lowest BCUT2D eigenvalue weighted by Crippen LogP contribution is -2.94. The molecule has 16 nitrogen and oxygen atoms in total. The molecule has 4 saturated carbocycles. The van der Waals surface area contributed by atoms with Crippen molar-refractivity contribution >= 4 is 29.8 Å². The zero-order chi connectivity index (χ0) is 37.8. The van der Waals surface area contributed by atoms with Crippen LogP contribution in [0.25, 0.3) is 0 Å². The van der Waals surface area contributed by atoms with Gasteiger partial charge in [-0.3, -0.25) is 14.4 Å². The molecule has 3 aliphatic heterocycles. The Morgan fingerprint density at radius 2 is 1.65 bits per heavy atom. The lowest BCUT2D eigenvalue weighted by Gasteiger charge is -2.76. The van der Waals surface area contributed by atoms with Crippen LogP contribution in [0.15, 0.2) is 34.7 Å². The second kappa shape index (κ2) is 10.2. The number of aliphatic hydroxyl groups excluding tert-OH is 1. The van der Waals surface area contributed by atoms with E-state index >= 15 is 0 Å². The number of carbonyl (C=O) groups excluding carboxylic acids is 5. The van der Waals surface area contributed by atoms with Crippen LogP contribution in [0.4, 0.5) is 0 Å². The fourth-order valence-corrected chi connectivity index (χ4v) is 12.4. The average molecular weight is 731 g/mol. The number of furan rings is 1.